The van der Waals surface area contributed by atoms with Gasteiger partial charge < -0.3 is 10.1 Å². The van der Waals surface area contributed by atoms with Crippen LogP contribution in [-0.2, 0) is 11.2 Å². The molecule has 0 aliphatic carbocycles. The Balaban J connectivity index is 2.04. The molecule has 0 radical (unpaired) electrons. The van der Waals surface area contributed by atoms with Gasteiger partial charge in [-0.3, -0.25) is 4.98 Å². The summed E-state index contributed by atoms with van der Waals surface area (Å²) in [5.41, 5.74) is 1.29. The van der Waals surface area contributed by atoms with E-state index in [-0.39, 0.29) is 0 Å². The number of hydrogen-bond donors (Lipinski definition) is 1. The van der Waals surface area contributed by atoms with Gasteiger partial charge in [0.25, 0.3) is 0 Å². The molecular weight excluding hydrogens is 212 g/mol. The molecule has 2 rings (SSSR count). The van der Waals surface area contributed by atoms with E-state index in [9.17, 15) is 0 Å². The number of rotatable bonds is 5. The lowest BCUT2D eigenvalue weighted by Gasteiger charge is -2.24. The number of nitrogens with one attached hydrogen (secondary N) is 1. The molecule has 1 N–H and O–H groups in total. The zero-order valence-electron chi connectivity index (χ0n) is 10.4. The topological polar surface area (TPSA) is 34.2 Å². The second-order valence-electron chi connectivity index (χ2n) is 4.27. The summed E-state index contributed by atoms with van der Waals surface area (Å²) in [6.07, 6.45) is 9.13. The minimum Gasteiger partial charge on any atom is -0.497 e. The maximum absolute atomic E-state index is 5.75. The molecule has 0 fully saturated rings. The van der Waals surface area contributed by atoms with E-state index < -0.39 is 0 Å². The number of aromatic nitrogens is 1. The van der Waals surface area contributed by atoms with Gasteiger partial charge in [-0.05, 0) is 49.6 Å². The highest BCUT2D eigenvalue weighted by atomic mass is 16.5. The van der Waals surface area contributed by atoms with Crippen LogP contribution in [0.15, 0.2) is 36.4 Å². The lowest BCUT2D eigenvalue weighted by molar-refractivity contribution is 0.167. The molecule has 0 aromatic carbocycles. The molecule has 1 aromatic rings. The number of ether oxygens (including phenoxy) is 1. The minimum absolute atomic E-state index is 0.294. The van der Waals surface area contributed by atoms with Gasteiger partial charge in [-0.15, -0.1) is 0 Å². The fourth-order valence-corrected chi connectivity index (χ4v) is 2.09. The summed E-state index contributed by atoms with van der Waals surface area (Å²) in [6.45, 7) is 3.93. The average molecular weight is 232 g/mol. The molecule has 92 valence electrons. The normalized spacial score (nSPS) is 17.1. The van der Waals surface area contributed by atoms with Crippen molar-refractivity contribution >= 4 is 0 Å². The molecule has 0 spiro atoms. The van der Waals surface area contributed by atoms with Gasteiger partial charge in [-0.1, -0.05) is 6.92 Å². The van der Waals surface area contributed by atoms with Crippen LogP contribution in [0.3, 0.4) is 0 Å². The highest BCUT2D eigenvalue weighted by Gasteiger charge is 2.17. The quantitative estimate of drug-likeness (QED) is 0.846. The second kappa shape index (κ2) is 6.40. The molecule has 1 aliphatic heterocycles. The van der Waals surface area contributed by atoms with Gasteiger partial charge >= 0.3 is 0 Å². The zero-order chi connectivity index (χ0) is 11.9. The van der Waals surface area contributed by atoms with Crippen molar-refractivity contribution in [3.8, 4) is 0 Å². The Hall–Kier alpha value is -1.35. The van der Waals surface area contributed by atoms with Crippen LogP contribution in [0.1, 0.15) is 25.3 Å². The van der Waals surface area contributed by atoms with Crippen LogP contribution in [0.4, 0.5) is 0 Å². The first-order chi connectivity index (χ1) is 8.40. The van der Waals surface area contributed by atoms with Crippen LogP contribution in [0.5, 0.6) is 0 Å². The summed E-state index contributed by atoms with van der Waals surface area (Å²) in [5.74, 6) is 1.11. The van der Waals surface area contributed by atoms with Gasteiger partial charge in [0.15, 0.2) is 0 Å². The van der Waals surface area contributed by atoms with E-state index >= 15 is 0 Å². The summed E-state index contributed by atoms with van der Waals surface area (Å²) in [7, 11) is 0. The van der Waals surface area contributed by atoms with Crippen molar-refractivity contribution in [2.75, 3.05) is 13.2 Å². The molecule has 0 amide bonds. The molecule has 0 saturated heterocycles. The minimum atomic E-state index is 0.294. The molecule has 0 bridgehead atoms. The van der Waals surface area contributed by atoms with Crippen molar-refractivity contribution in [3.63, 3.8) is 0 Å². The lowest BCUT2D eigenvalue weighted by atomic mass is 10.0. The summed E-state index contributed by atoms with van der Waals surface area (Å²) in [6, 6.07) is 4.42. The van der Waals surface area contributed by atoms with Gasteiger partial charge in [-0.25, -0.2) is 0 Å². The Morgan fingerprint density at radius 1 is 1.41 bits per heavy atom. The predicted octanol–water partition coefficient (Wildman–Crippen LogP) is 2.30. The Morgan fingerprint density at radius 2 is 2.24 bits per heavy atom. The predicted molar refractivity (Wildman–Crippen MR) is 68.7 cm³/mol. The maximum Gasteiger partial charge on any atom is 0.109 e. The molecule has 1 atom stereocenters. The van der Waals surface area contributed by atoms with Crippen LogP contribution < -0.4 is 5.32 Å². The molecule has 3 nitrogen and oxygen atoms in total. The van der Waals surface area contributed by atoms with Gasteiger partial charge in [0, 0.05) is 12.4 Å². The van der Waals surface area contributed by atoms with E-state index in [0.29, 0.717) is 6.04 Å². The highest BCUT2D eigenvalue weighted by Crippen LogP contribution is 2.16. The highest BCUT2D eigenvalue weighted by molar-refractivity contribution is 5.16. The number of pyridine rings is 1. The van der Waals surface area contributed by atoms with Crippen LogP contribution in [0, 0.1) is 0 Å². The smallest absolute Gasteiger partial charge is 0.109 e. The van der Waals surface area contributed by atoms with Crippen molar-refractivity contribution in [3.05, 3.63) is 41.9 Å². The molecule has 1 aliphatic rings. The monoisotopic (exact) mass is 232 g/mol. The maximum atomic E-state index is 5.75. The lowest BCUT2D eigenvalue weighted by Crippen LogP contribution is -2.34. The van der Waals surface area contributed by atoms with E-state index in [0.717, 1.165) is 38.2 Å². The third kappa shape index (κ3) is 3.56. The van der Waals surface area contributed by atoms with Crippen molar-refractivity contribution in [1.29, 1.82) is 0 Å². The number of nitrogens with zero attached hydrogens (tertiary/aromatic N) is 1. The van der Waals surface area contributed by atoms with Crippen LogP contribution >= 0.6 is 0 Å². The van der Waals surface area contributed by atoms with Gasteiger partial charge in [0.1, 0.15) is 5.76 Å². The summed E-state index contributed by atoms with van der Waals surface area (Å²) < 4.78 is 5.75. The van der Waals surface area contributed by atoms with Gasteiger partial charge in [0.05, 0.1) is 12.6 Å². The van der Waals surface area contributed by atoms with Crippen molar-refractivity contribution < 1.29 is 4.74 Å². The fraction of sp³-hybridized carbons (Fsp3) is 0.500. The first-order valence-corrected chi connectivity index (χ1v) is 6.35. The molecule has 0 saturated carbocycles. The Labute approximate surface area is 103 Å². The van der Waals surface area contributed by atoms with Crippen LogP contribution in [0.2, 0.25) is 0 Å². The molecule has 1 unspecified atom stereocenters. The number of hydrogen-bond acceptors (Lipinski definition) is 3. The van der Waals surface area contributed by atoms with Crippen molar-refractivity contribution in [1.82, 2.24) is 10.3 Å². The Morgan fingerprint density at radius 3 is 2.88 bits per heavy atom. The Bertz CT molecular complexity index is 362. The standard InChI is InChI=1S/C14H20N2O/c1-2-16-13(14-5-3-4-10-17-14)11-12-6-8-15-9-7-12/h5-9,13,16H,2-4,10-11H2,1H3. The Kier molecular flexibility index (Phi) is 4.56. The van der Waals surface area contributed by atoms with Crippen LogP contribution in [-0.4, -0.2) is 24.2 Å². The van der Waals surface area contributed by atoms with Gasteiger partial charge in [-0.2, -0.15) is 0 Å². The summed E-state index contributed by atoms with van der Waals surface area (Å²) in [4.78, 5) is 4.04. The molecule has 3 heteroatoms. The van der Waals surface area contributed by atoms with Crippen LogP contribution in [0.25, 0.3) is 0 Å². The number of likely N-dealkylation sites (N-methyl/N-ethyl adjacent to an activating group) is 1. The SMILES string of the molecule is CCNC(Cc1ccncc1)C1=CCCCO1. The molecule has 1 aromatic heterocycles. The van der Waals surface area contributed by atoms with E-state index in [2.05, 4.69) is 35.4 Å². The molecule has 17 heavy (non-hydrogen) atoms. The van der Waals surface area contributed by atoms with Crippen molar-refractivity contribution in [2.45, 2.75) is 32.2 Å². The third-order valence-corrected chi connectivity index (χ3v) is 2.95. The van der Waals surface area contributed by atoms with E-state index in [1.54, 1.807) is 0 Å². The van der Waals surface area contributed by atoms with E-state index in [1.165, 1.54) is 5.56 Å². The number of allylic oxidation sites excluding steroid dienone is 1. The first kappa shape index (κ1) is 12.1. The van der Waals surface area contributed by atoms with E-state index in [4.69, 9.17) is 4.74 Å². The largest absolute Gasteiger partial charge is 0.497 e. The summed E-state index contributed by atoms with van der Waals surface area (Å²) in [5, 5.41) is 3.49. The third-order valence-electron chi connectivity index (χ3n) is 2.95. The first-order valence-electron chi connectivity index (χ1n) is 6.35. The van der Waals surface area contributed by atoms with Crippen molar-refractivity contribution in [2.24, 2.45) is 0 Å². The average Bonchev–Trinajstić information content (AvgIpc) is 2.40. The molecular formula is C14H20N2O. The van der Waals surface area contributed by atoms with Gasteiger partial charge in [0.2, 0.25) is 0 Å². The second-order valence-corrected chi connectivity index (χ2v) is 4.27. The summed E-state index contributed by atoms with van der Waals surface area (Å²) >= 11 is 0. The van der Waals surface area contributed by atoms with E-state index in [1.807, 2.05) is 12.4 Å². The zero-order valence-corrected chi connectivity index (χ0v) is 10.4. The fourth-order valence-electron chi connectivity index (χ4n) is 2.09. The molecule has 2 heterocycles.